The Bertz CT molecular complexity index is 413. The van der Waals surface area contributed by atoms with Gasteiger partial charge < -0.3 is 14.4 Å². The molecular weight excluding hydrogens is 226 g/mol. The second-order valence-electron chi connectivity index (χ2n) is 4.54. The summed E-state index contributed by atoms with van der Waals surface area (Å²) in [5.74, 6) is 1.54. The molecule has 3 heteroatoms. The number of ether oxygens (including phenoxy) is 2. The molecule has 0 N–H and O–H groups in total. The maximum absolute atomic E-state index is 5.37. The smallest absolute Gasteiger partial charge is 0.161 e. The highest BCUT2D eigenvalue weighted by Crippen LogP contribution is 2.34. The van der Waals surface area contributed by atoms with E-state index in [9.17, 15) is 0 Å². The molecule has 0 radical (unpaired) electrons. The van der Waals surface area contributed by atoms with Crippen molar-refractivity contribution in [2.75, 3.05) is 28.3 Å². The number of nitrogens with zero attached hydrogens (tertiary/aromatic N) is 1. The van der Waals surface area contributed by atoms with Crippen molar-refractivity contribution >= 4 is 0 Å². The van der Waals surface area contributed by atoms with E-state index in [4.69, 9.17) is 9.47 Å². The van der Waals surface area contributed by atoms with Crippen LogP contribution in [0.4, 0.5) is 0 Å². The zero-order valence-corrected chi connectivity index (χ0v) is 12.0. The predicted octanol–water partition coefficient (Wildman–Crippen LogP) is 3.05. The van der Waals surface area contributed by atoms with Gasteiger partial charge in [0, 0.05) is 6.04 Å². The first-order chi connectivity index (χ1) is 8.54. The molecular formula is C15H23NO2. The molecule has 1 rings (SSSR count). The highest BCUT2D eigenvalue weighted by Gasteiger charge is 2.16. The second-order valence-corrected chi connectivity index (χ2v) is 4.54. The average molecular weight is 249 g/mol. The molecule has 0 saturated heterocycles. The van der Waals surface area contributed by atoms with Crippen LogP contribution in [0.5, 0.6) is 11.5 Å². The van der Waals surface area contributed by atoms with Gasteiger partial charge in [0.1, 0.15) is 0 Å². The summed E-state index contributed by atoms with van der Waals surface area (Å²) in [7, 11) is 7.46. The van der Waals surface area contributed by atoms with Crippen LogP contribution in [-0.2, 0) is 6.42 Å². The summed E-state index contributed by atoms with van der Waals surface area (Å²) in [6.07, 6.45) is 2.74. The molecule has 1 aromatic carbocycles. The topological polar surface area (TPSA) is 21.7 Å². The van der Waals surface area contributed by atoms with Crippen LogP contribution in [0.1, 0.15) is 24.1 Å². The van der Waals surface area contributed by atoms with Crippen LogP contribution in [0.15, 0.2) is 24.8 Å². The predicted molar refractivity (Wildman–Crippen MR) is 75.5 cm³/mol. The first kappa shape index (κ1) is 14.6. The second kappa shape index (κ2) is 6.45. The van der Waals surface area contributed by atoms with Crippen LogP contribution in [0, 0.1) is 0 Å². The molecule has 1 aromatic rings. The molecule has 0 aliphatic rings. The molecule has 0 spiro atoms. The Morgan fingerprint density at radius 3 is 2.22 bits per heavy atom. The summed E-state index contributed by atoms with van der Waals surface area (Å²) in [6, 6.07) is 4.41. The van der Waals surface area contributed by atoms with Gasteiger partial charge in [-0.1, -0.05) is 6.08 Å². The van der Waals surface area contributed by atoms with Crippen LogP contribution in [0.2, 0.25) is 0 Å². The van der Waals surface area contributed by atoms with Gasteiger partial charge in [-0.2, -0.15) is 0 Å². The summed E-state index contributed by atoms with van der Waals surface area (Å²) in [5.41, 5.74) is 2.47. The van der Waals surface area contributed by atoms with Gasteiger partial charge in [0.2, 0.25) is 0 Å². The number of methoxy groups -OCH3 is 2. The lowest BCUT2D eigenvalue weighted by Gasteiger charge is -2.24. The minimum atomic E-state index is 0.319. The maximum atomic E-state index is 5.37. The van der Waals surface area contributed by atoms with Gasteiger partial charge in [0.25, 0.3) is 0 Å². The number of benzene rings is 1. The van der Waals surface area contributed by atoms with Crippen LogP contribution in [0.25, 0.3) is 0 Å². The van der Waals surface area contributed by atoms with Crippen LogP contribution >= 0.6 is 0 Å². The lowest BCUT2D eigenvalue weighted by atomic mass is 9.97. The van der Waals surface area contributed by atoms with Gasteiger partial charge in [-0.3, -0.25) is 0 Å². The van der Waals surface area contributed by atoms with Gasteiger partial charge in [0.05, 0.1) is 14.2 Å². The lowest BCUT2D eigenvalue weighted by molar-refractivity contribution is 0.315. The summed E-state index contributed by atoms with van der Waals surface area (Å²) >= 11 is 0. The first-order valence-corrected chi connectivity index (χ1v) is 6.07. The average Bonchev–Trinajstić information content (AvgIpc) is 2.37. The van der Waals surface area contributed by atoms with E-state index in [0.29, 0.717) is 6.04 Å². The van der Waals surface area contributed by atoms with E-state index < -0.39 is 0 Å². The Kier molecular flexibility index (Phi) is 5.23. The SMILES string of the molecule is C=CCc1cc(OC)c(OC)cc1C(C)N(C)C. The van der Waals surface area contributed by atoms with E-state index in [1.54, 1.807) is 14.2 Å². The molecule has 100 valence electrons. The standard InChI is InChI=1S/C15H23NO2/c1-7-8-12-9-14(17-5)15(18-6)10-13(12)11(2)16(3)4/h7,9-11H,1,8H2,2-6H3. The van der Waals surface area contributed by atoms with Gasteiger partial charge in [-0.05, 0) is 50.7 Å². The molecule has 0 aromatic heterocycles. The van der Waals surface area contributed by atoms with Gasteiger partial charge in [0.15, 0.2) is 11.5 Å². The van der Waals surface area contributed by atoms with Crippen molar-refractivity contribution in [2.24, 2.45) is 0 Å². The van der Waals surface area contributed by atoms with Crippen LogP contribution < -0.4 is 9.47 Å². The quantitative estimate of drug-likeness (QED) is 0.723. The molecule has 0 fully saturated rings. The van der Waals surface area contributed by atoms with E-state index in [1.807, 2.05) is 12.1 Å². The fourth-order valence-corrected chi connectivity index (χ4v) is 1.94. The normalized spacial score (nSPS) is 12.3. The highest BCUT2D eigenvalue weighted by molar-refractivity contribution is 5.49. The Balaban J connectivity index is 3.32. The van der Waals surface area contributed by atoms with Crippen molar-refractivity contribution < 1.29 is 9.47 Å². The molecule has 1 unspecified atom stereocenters. The third kappa shape index (κ3) is 3.05. The van der Waals surface area contributed by atoms with Crippen molar-refractivity contribution in [3.05, 3.63) is 35.9 Å². The Labute approximate surface area is 110 Å². The Morgan fingerprint density at radius 2 is 1.78 bits per heavy atom. The fourth-order valence-electron chi connectivity index (χ4n) is 1.94. The van der Waals surface area contributed by atoms with Gasteiger partial charge in [-0.15, -0.1) is 6.58 Å². The summed E-state index contributed by atoms with van der Waals surface area (Å²) in [4.78, 5) is 2.17. The molecule has 0 amide bonds. The number of hydrogen-bond acceptors (Lipinski definition) is 3. The third-order valence-corrected chi connectivity index (χ3v) is 3.23. The molecule has 0 saturated carbocycles. The summed E-state index contributed by atoms with van der Waals surface area (Å²) in [5, 5.41) is 0. The van der Waals surface area contributed by atoms with Crippen molar-refractivity contribution in [3.63, 3.8) is 0 Å². The zero-order chi connectivity index (χ0) is 13.7. The monoisotopic (exact) mass is 249 g/mol. The Morgan fingerprint density at radius 1 is 1.22 bits per heavy atom. The van der Waals surface area contributed by atoms with E-state index in [-0.39, 0.29) is 0 Å². The van der Waals surface area contributed by atoms with Crippen molar-refractivity contribution in [2.45, 2.75) is 19.4 Å². The number of hydrogen-bond donors (Lipinski definition) is 0. The van der Waals surface area contributed by atoms with Crippen molar-refractivity contribution in [1.29, 1.82) is 0 Å². The van der Waals surface area contributed by atoms with Gasteiger partial charge >= 0.3 is 0 Å². The van der Waals surface area contributed by atoms with Crippen LogP contribution in [-0.4, -0.2) is 33.2 Å². The third-order valence-electron chi connectivity index (χ3n) is 3.23. The van der Waals surface area contributed by atoms with Gasteiger partial charge in [-0.25, -0.2) is 0 Å². The molecule has 0 aliphatic carbocycles. The highest BCUT2D eigenvalue weighted by atomic mass is 16.5. The lowest BCUT2D eigenvalue weighted by Crippen LogP contribution is -2.18. The first-order valence-electron chi connectivity index (χ1n) is 6.07. The molecule has 1 atom stereocenters. The van der Waals surface area contributed by atoms with Crippen LogP contribution in [0.3, 0.4) is 0 Å². The summed E-state index contributed by atoms with van der Waals surface area (Å²) < 4.78 is 10.7. The number of rotatable bonds is 6. The fraction of sp³-hybridized carbons (Fsp3) is 0.467. The zero-order valence-electron chi connectivity index (χ0n) is 12.0. The largest absolute Gasteiger partial charge is 0.493 e. The minimum absolute atomic E-state index is 0.319. The van der Waals surface area contributed by atoms with E-state index >= 15 is 0 Å². The number of allylic oxidation sites excluding steroid dienone is 1. The van der Waals surface area contributed by atoms with Crippen molar-refractivity contribution in [1.82, 2.24) is 4.90 Å². The van der Waals surface area contributed by atoms with E-state index in [1.165, 1.54) is 11.1 Å². The molecule has 0 heterocycles. The summed E-state index contributed by atoms with van der Waals surface area (Å²) in [6.45, 7) is 5.99. The van der Waals surface area contributed by atoms with E-state index in [0.717, 1.165) is 17.9 Å². The van der Waals surface area contributed by atoms with Crippen molar-refractivity contribution in [3.8, 4) is 11.5 Å². The minimum Gasteiger partial charge on any atom is -0.493 e. The van der Waals surface area contributed by atoms with E-state index in [2.05, 4.69) is 38.6 Å². The molecule has 3 nitrogen and oxygen atoms in total. The maximum Gasteiger partial charge on any atom is 0.161 e. The molecule has 0 bridgehead atoms. The Hall–Kier alpha value is -1.48. The molecule has 0 aliphatic heterocycles. The molecule has 18 heavy (non-hydrogen) atoms.